The third-order valence-electron chi connectivity index (χ3n) is 5.10. The van der Waals surface area contributed by atoms with Crippen molar-refractivity contribution in [2.24, 2.45) is 0 Å². The summed E-state index contributed by atoms with van der Waals surface area (Å²) in [5, 5.41) is 6.01. The van der Waals surface area contributed by atoms with Crippen molar-refractivity contribution >= 4 is 16.8 Å². The number of likely N-dealkylation sites (tertiary alicyclic amines) is 1. The zero-order valence-corrected chi connectivity index (χ0v) is 15.1. The number of carbonyl (C=O) groups is 1. The van der Waals surface area contributed by atoms with Crippen molar-refractivity contribution in [1.29, 1.82) is 0 Å². The van der Waals surface area contributed by atoms with E-state index < -0.39 is 10.8 Å². The van der Waals surface area contributed by atoms with Crippen LogP contribution in [0.2, 0.25) is 0 Å². The molecule has 24 heavy (non-hydrogen) atoms. The standard InChI is InChI=1S/C18H27N3O2S/c1-24(23)17-8-6-14(7-9-17)12-19-18(22)20-15-10-11-21(13-15)16-4-2-3-5-16/h6-9,15-16H,2-5,10-13H2,1H3,(H2,19,20,22)/t15-,24+/m1/s1. The molecule has 0 aromatic heterocycles. The van der Waals surface area contributed by atoms with Crippen molar-refractivity contribution < 1.29 is 9.00 Å². The van der Waals surface area contributed by atoms with Crippen molar-refractivity contribution in [2.75, 3.05) is 19.3 Å². The molecule has 0 radical (unpaired) electrons. The van der Waals surface area contributed by atoms with Crippen LogP contribution < -0.4 is 10.6 Å². The van der Waals surface area contributed by atoms with Crippen LogP contribution in [0.4, 0.5) is 4.79 Å². The quantitative estimate of drug-likeness (QED) is 0.857. The van der Waals surface area contributed by atoms with Gasteiger partial charge in [0, 0.05) is 53.7 Å². The molecule has 132 valence electrons. The van der Waals surface area contributed by atoms with Gasteiger partial charge in [-0.1, -0.05) is 25.0 Å². The summed E-state index contributed by atoms with van der Waals surface area (Å²) in [6, 6.07) is 8.42. The molecule has 1 saturated heterocycles. The van der Waals surface area contributed by atoms with Gasteiger partial charge in [0.05, 0.1) is 0 Å². The van der Waals surface area contributed by atoms with E-state index in [4.69, 9.17) is 0 Å². The Morgan fingerprint density at radius 3 is 2.58 bits per heavy atom. The highest BCUT2D eigenvalue weighted by Gasteiger charge is 2.30. The maximum atomic E-state index is 12.1. The highest BCUT2D eigenvalue weighted by molar-refractivity contribution is 7.84. The number of urea groups is 1. The molecular weight excluding hydrogens is 322 g/mol. The lowest BCUT2D eigenvalue weighted by atomic mass is 10.2. The Bertz CT molecular complexity index is 584. The molecule has 2 aliphatic rings. The number of nitrogens with zero attached hydrogens (tertiary/aromatic N) is 1. The monoisotopic (exact) mass is 349 g/mol. The minimum absolute atomic E-state index is 0.101. The summed E-state index contributed by atoms with van der Waals surface area (Å²) in [4.78, 5) is 15.4. The molecule has 6 heteroatoms. The first-order valence-corrected chi connectivity index (χ1v) is 10.4. The lowest BCUT2D eigenvalue weighted by Crippen LogP contribution is -2.43. The first kappa shape index (κ1) is 17.4. The fourth-order valence-corrected chi connectivity index (χ4v) is 4.24. The molecule has 3 rings (SSSR count). The molecule has 1 aromatic carbocycles. The maximum Gasteiger partial charge on any atom is 0.315 e. The molecule has 1 saturated carbocycles. The van der Waals surface area contributed by atoms with E-state index in [1.165, 1.54) is 25.7 Å². The second kappa shape index (κ2) is 8.12. The van der Waals surface area contributed by atoms with Gasteiger partial charge in [0.25, 0.3) is 0 Å². The third-order valence-corrected chi connectivity index (χ3v) is 6.04. The predicted octanol–water partition coefficient (Wildman–Crippen LogP) is 2.24. The van der Waals surface area contributed by atoms with Crippen LogP contribution in [0.5, 0.6) is 0 Å². The average molecular weight is 350 g/mol. The summed E-state index contributed by atoms with van der Waals surface area (Å²) < 4.78 is 11.4. The van der Waals surface area contributed by atoms with Gasteiger partial charge in [-0.15, -0.1) is 0 Å². The summed E-state index contributed by atoms with van der Waals surface area (Å²) in [5.41, 5.74) is 1.01. The van der Waals surface area contributed by atoms with E-state index in [0.29, 0.717) is 6.54 Å². The van der Waals surface area contributed by atoms with Gasteiger partial charge in [-0.05, 0) is 37.0 Å². The van der Waals surface area contributed by atoms with E-state index in [1.54, 1.807) is 6.26 Å². The Kier molecular flexibility index (Phi) is 5.89. The van der Waals surface area contributed by atoms with E-state index in [-0.39, 0.29) is 12.1 Å². The van der Waals surface area contributed by atoms with E-state index in [1.807, 2.05) is 24.3 Å². The van der Waals surface area contributed by atoms with Gasteiger partial charge in [-0.2, -0.15) is 0 Å². The van der Waals surface area contributed by atoms with E-state index in [2.05, 4.69) is 15.5 Å². The Labute approximate surface area is 146 Å². The molecule has 5 nitrogen and oxygen atoms in total. The summed E-state index contributed by atoms with van der Waals surface area (Å²) in [7, 11) is -0.962. The van der Waals surface area contributed by atoms with E-state index in [9.17, 15) is 9.00 Å². The highest BCUT2D eigenvalue weighted by Crippen LogP contribution is 2.26. The highest BCUT2D eigenvalue weighted by atomic mass is 32.2. The molecule has 2 N–H and O–H groups in total. The van der Waals surface area contributed by atoms with Crippen LogP contribution >= 0.6 is 0 Å². The van der Waals surface area contributed by atoms with Crippen molar-refractivity contribution in [3.8, 4) is 0 Å². The fraction of sp³-hybridized carbons (Fsp3) is 0.611. The Morgan fingerprint density at radius 1 is 1.21 bits per heavy atom. The molecule has 0 unspecified atom stereocenters. The zero-order chi connectivity index (χ0) is 16.9. The van der Waals surface area contributed by atoms with Gasteiger partial charge < -0.3 is 10.6 Å². The smallest absolute Gasteiger partial charge is 0.315 e. The van der Waals surface area contributed by atoms with Gasteiger partial charge in [-0.25, -0.2) is 4.79 Å². The molecule has 1 aliphatic heterocycles. The summed E-state index contributed by atoms with van der Waals surface area (Å²) >= 11 is 0. The number of rotatable bonds is 5. The van der Waals surface area contributed by atoms with Crippen LogP contribution in [0.1, 0.15) is 37.7 Å². The number of carbonyl (C=O) groups excluding carboxylic acids is 1. The van der Waals surface area contributed by atoms with Crippen LogP contribution in [0.3, 0.4) is 0 Å². The number of hydrogen-bond donors (Lipinski definition) is 2. The second-order valence-corrected chi connectivity index (χ2v) is 8.22. The first-order valence-electron chi connectivity index (χ1n) is 8.82. The largest absolute Gasteiger partial charge is 0.334 e. The van der Waals surface area contributed by atoms with Crippen LogP contribution in [0, 0.1) is 0 Å². The molecule has 2 fully saturated rings. The second-order valence-electron chi connectivity index (χ2n) is 6.84. The molecule has 2 amide bonds. The van der Waals surface area contributed by atoms with Gasteiger partial charge in [-0.3, -0.25) is 9.11 Å². The normalized spacial score (nSPS) is 23.3. The van der Waals surface area contributed by atoms with Crippen LogP contribution in [-0.2, 0) is 17.3 Å². The lowest BCUT2D eigenvalue weighted by molar-refractivity contribution is 0.227. The molecule has 0 spiro atoms. The lowest BCUT2D eigenvalue weighted by Gasteiger charge is -2.23. The summed E-state index contributed by atoms with van der Waals surface area (Å²) in [6.45, 7) is 2.57. The molecule has 1 heterocycles. The SMILES string of the molecule is C[S@](=O)c1ccc(CNC(=O)N[C@@H]2CCN(C3CCCC3)C2)cc1. The van der Waals surface area contributed by atoms with Gasteiger partial charge in [0.15, 0.2) is 0 Å². The summed E-state index contributed by atoms with van der Waals surface area (Å²) in [6.07, 6.45) is 8.04. The molecule has 2 atom stereocenters. The van der Waals surface area contributed by atoms with Gasteiger partial charge in [0.1, 0.15) is 0 Å². The topological polar surface area (TPSA) is 61.4 Å². The Balaban J connectivity index is 1.40. The maximum absolute atomic E-state index is 12.1. The Morgan fingerprint density at radius 2 is 1.92 bits per heavy atom. The molecular formula is C18H27N3O2S. The summed E-state index contributed by atoms with van der Waals surface area (Å²) in [5.74, 6) is 0. The van der Waals surface area contributed by atoms with Crippen LogP contribution in [0.15, 0.2) is 29.2 Å². The van der Waals surface area contributed by atoms with Gasteiger partial charge in [0.2, 0.25) is 0 Å². The third kappa shape index (κ3) is 4.57. The minimum atomic E-state index is -0.962. The van der Waals surface area contributed by atoms with Crippen molar-refractivity contribution in [1.82, 2.24) is 15.5 Å². The number of benzene rings is 1. The predicted molar refractivity (Wildman–Crippen MR) is 96.4 cm³/mol. The molecule has 0 bridgehead atoms. The number of hydrogen-bond acceptors (Lipinski definition) is 3. The van der Waals surface area contributed by atoms with Crippen molar-refractivity contribution in [2.45, 2.75) is 55.6 Å². The Hall–Kier alpha value is -1.40. The van der Waals surface area contributed by atoms with Crippen molar-refractivity contribution in [3.63, 3.8) is 0 Å². The van der Waals surface area contributed by atoms with Crippen LogP contribution in [0.25, 0.3) is 0 Å². The number of amides is 2. The fourth-order valence-electron chi connectivity index (χ4n) is 3.72. The zero-order valence-electron chi connectivity index (χ0n) is 14.3. The molecule has 1 aliphatic carbocycles. The minimum Gasteiger partial charge on any atom is -0.334 e. The van der Waals surface area contributed by atoms with E-state index in [0.717, 1.165) is 36.0 Å². The van der Waals surface area contributed by atoms with Crippen molar-refractivity contribution in [3.05, 3.63) is 29.8 Å². The first-order chi connectivity index (χ1) is 11.6. The molecule has 1 aromatic rings. The van der Waals surface area contributed by atoms with E-state index >= 15 is 0 Å². The number of nitrogens with one attached hydrogen (secondary N) is 2. The van der Waals surface area contributed by atoms with Gasteiger partial charge >= 0.3 is 6.03 Å². The average Bonchev–Trinajstić information content (AvgIpc) is 3.24. The van der Waals surface area contributed by atoms with Crippen LogP contribution in [-0.4, -0.2) is 46.6 Å².